The summed E-state index contributed by atoms with van der Waals surface area (Å²) in [6.45, 7) is 3.26. The number of rotatable bonds is 6. The van der Waals surface area contributed by atoms with E-state index in [1.807, 2.05) is 47.4 Å². The van der Waals surface area contributed by atoms with Crippen LogP contribution in [0.1, 0.15) is 48.2 Å². The molecule has 1 aliphatic heterocycles. The Kier molecular flexibility index (Phi) is 6.96. The molecule has 1 saturated heterocycles. The van der Waals surface area contributed by atoms with Crippen LogP contribution >= 0.6 is 0 Å². The molecule has 0 saturated carbocycles. The predicted octanol–water partition coefficient (Wildman–Crippen LogP) is 4.43. The molecule has 0 unspecified atom stereocenters. The SMILES string of the molecule is CC(=O)N[C@@H]1c2ccccc2C2(CCN(C(=O)C=Cc3ccccn3)CC2)[C@H]1OCc1ccccc1. The molecular formula is C30H31N3O3. The first-order valence-electron chi connectivity index (χ1n) is 12.5. The van der Waals surface area contributed by atoms with Gasteiger partial charge in [-0.3, -0.25) is 14.6 Å². The number of nitrogens with one attached hydrogen (secondary N) is 1. The molecule has 3 aromatic rings. The average Bonchev–Trinajstić information content (AvgIpc) is 3.15. The van der Waals surface area contributed by atoms with Gasteiger partial charge in [-0.15, -0.1) is 0 Å². The molecule has 1 N–H and O–H groups in total. The molecule has 2 heterocycles. The maximum absolute atomic E-state index is 12.9. The normalized spacial score (nSPS) is 20.4. The lowest BCUT2D eigenvalue weighted by atomic mass is 9.71. The van der Waals surface area contributed by atoms with Crippen LogP contribution < -0.4 is 5.32 Å². The highest BCUT2D eigenvalue weighted by atomic mass is 16.5. The number of aromatic nitrogens is 1. The van der Waals surface area contributed by atoms with Crippen molar-refractivity contribution >= 4 is 17.9 Å². The Morgan fingerprint density at radius 1 is 1.03 bits per heavy atom. The van der Waals surface area contributed by atoms with E-state index >= 15 is 0 Å². The highest BCUT2D eigenvalue weighted by molar-refractivity contribution is 5.91. The van der Waals surface area contributed by atoms with Gasteiger partial charge in [0.05, 0.1) is 24.4 Å². The lowest BCUT2D eigenvalue weighted by molar-refractivity contribution is -0.129. The summed E-state index contributed by atoms with van der Waals surface area (Å²) in [5, 5.41) is 3.17. The van der Waals surface area contributed by atoms with Crippen molar-refractivity contribution in [2.75, 3.05) is 13.1 Å². The molecule has 0 radical (unpaired) electrons. The molecule has 2 aromatic carbocycles. The maximum atomic E-state index is 12.9. The Balaban J connectivity index is 1.38. The molecule has 2 atom stereocenters. The van der Waals surface area contributed by atoms with Gasteiger partial charge in [0.2, 0.25) is 11.8 Å². The molecule has 184 valence electrons. The Morgan fingerprint density at radius 2 is 1.75 bits per heavy atom. The minimum Gasteiger partial charge on any atom is -0.370 e. The lowest BCUT2D eigenvalue weighted by Crippen LogP contribution is -2.51. The van der Waals surface area contributed by atoms with Crippen molar-refractivity contribution in [1.29, 1.82) is 0 Å². The molecule has 1 aromatic heterocycles. The molecule has 1 aliphatic carbocycles. The van der Waals surface area contributed by atoms with Crippen molar-refractivity contribution in [3.05, 3.63) is 107 Å². The first kappa shape index (κ1) is 23.9. The lowest BCUT2D eigenvalue weighted by Gasteiger charge is -2.44. The molecule has 0 bridgehead atoms. The summed E-state index contributed by atoms with van der Waals surface area (Å²) in [5.74, 6) is -0.0885. The molecule has 6 nitrogen and oxygen atoms in total. The fourth-order valence-corrected chi connectivity index (χ4v) is 5.66. The first-order valence-corrected chi connectivity index (χ1v) is 12.5. The third-order valence-electron chi connectivity index (χ3n) is 7.36. The van der Waals surface area contributed by atoms with Crippen LogP contribution in [0.3, 0.4) is 0 Å². The van der Waals surface area contributed by atoms with E-state index in [1.165, 1.54) is 5.56 Å². The summed E-state index contributed by atoms with van der Waals surface area (Å²) < 4.78 is 6.64. The number of pyridine rings is 1. The van der Waals surface area contributed by atoms with Crippen LogP contribution in [0.25, 0.3) is 6.08 Å². The zero-order valence-electron chi connectivity index (χ0n) is 20.5. The van der Waals surface area contributed by atoms with Crippen LogP contribution in [0.5, 0.6) is 0 Å². The predicted molar refractivity (Wildman–Crippen MR) is 139 cm³/mol. The number of hydrogen-bond donors (Lipinski definition) is 1. The number of ether oxygens (including phenoxy) is 1. The number of likely N-dealkylation sites (tertiary alicyclic amines) is 1. The molecule has 1 spiro atoms. The third kappa shape index (κ3) is 4.82. The fourth-order valence-electron chi connectivity index (χ4n) is 5.66. The second-order valence-corrected chi connectivity index (χ2v) is 9.55. The van der Waals surface area contributed by atoms with Crippen molar-refractivity contribution in [2.45, 2.75) is 43.9 Å². The number of carbonyl (C=O) groups excluding carboxylic acids is 2. The highest BCUT2D eigenvalue weighted by Crippen LogP contribution is 2.52. The van der Waals surface area contributed by atoms with Crippen LogP contribution in [0.2, 0.25) is 0 Å². The van der Waals surface area contributed by atoms with Crippen LogP contribution in [-0.4, -0.2) is 40.9 Å². The van der Waals surface area contributed by atoms with E-state index in [9.17, 15) is 9.59 Å². The van der Waals surface area contributed by atoms with E-state index in [-0.39, 0.29) is 29.4 Å². The van der Waals surface area contributed by atoms with E-state index in [0.29, 0.717) is 19.7 Å². The molecule has 2 aliphatic rings. The van der Waals surface area contributed by atoms with Crippen LogP contribution in [-0.2, 0) is 26.3 Å². The van der Waals surface area contributed by atoms with Crippen molar-refractivity contribution in [3.63, 3.8) is 0 Å². The number of amides is 2. The monoisotopic (exact) mass is 481 g/mol. The second kappa shape index (κ2) is 10.5. The van der Waals surface area contributed by atoms with Crippen molar-refractivity contribution in [1.82, 2.24) is 15.2 Å². The molecule has 6 heteroatoms. The minimum absolute atomic E-state index is 0.0121. The van der Waals surface area contributed by atoms with Gasteiger partial charge in [0.1, 0.15) is 0 Å². The minimum atomic E-state index is -0.278. The van der Waals surface area contributed by atoms with Crippen molar-refractivity contribution in [3.8, 4) is 0 Å². The summed E-state index contributed by atoms with van der Waals surface area (Å²) in [4.78, 5) is 31.3. The number of carbonyl (C=O) groups is 2. The summed E-state index contributed by atoms with van der Waals surface area (Å²) in [7, 11) is 0. The number of fused-ring (bicyclic) bond motifs is 2. The Hall–Kier alpha value is -3.77. The first-order chi connectivity index (χ1) is 17.6. The molecule has 5 rings (SSSR count). The third-order valence-corrected chi connectivity index (χ3v) is 7.36. The van der Waals surface area contributed by atoms with Gasteiger partial charge in [0, 0.05) is 37.7 Å². The number of hydrogen-bond acceptors (Lipinski definition) is 4. The van der Waals surface area contributed by atoms with E-state index < -0.39 is 0 Å². The maximum Gasteiger partial charge on any atom is 0.246 e. The topological polar surface area (TPSA) is 71.5 Å². The Morgan fingerprint density at radius 3 is 2.47 bits per heavy atom. The largest absolute Gasteiger partial charge is 0.370 e. The molecule has 1 fully saturated rings. The van der Waals surface area contributed by atoms with Gasteiger partial charge in [-0.05, 0) is 47.7 Å². The van der Waals surface area contributed by atoms with Gasteiger partial charge < -0.3 is 15.0 Å². The van der Waals surface area contributed by atoms with Gasteiger partial charge in [-0.25, -0.2) is 0 Å². The van der Waals surface area contributed by atoms with E-state index in [4.69, 9.17) is 4.74 Å². The molecule has 2 amide bonds. The zero-order chi connectivity index (χ0) is 25.0. The summed E-state index contributed by atoms with van der Waals surface area (Å²) in [6.07, 6.45) is 6.39. The Labute approximate surface area is 212 Å². The van der Waals surface area contributed by atoms with Gasteiger partial charge >= 0.3 is 0 Å². The summed E-state index contributed by atoms with van der Waals surface area (Å²) in [5.41, 5.74) is 3.91. The van der Waals surface area contributed by atoms with Gasteiger partial charge in [-0.1, -0.05) is 60.7 Å². The number of benzene rings is 2. The average molecular weight is 482 g/mol. The Bertz CT molecular complexity index is 1230. The van der Waals surface area contributed by atoms with Crippen molar-refractivity contribution in [2.24, 2.45) is 0 Å². The van der Waals surface area contributed by atoms with E-state index in [1.54, 1.807) is 25.3 Å². The van der Waals surface area contributed by atoms with Gasteiger partial charge in [0.15, 0.2) is 0 Å². The summed E-state index contributed by atoms with van der Waals surface area (Å²) >= 11 is 0. The van der Waals surface area contributed by atoms with Crippen LogP contribution in [0.15, 0.2) is 85.1 Å². The smallest absolute Gasteiger partial charge is 0.246 e. The summed E-state index contributed by atoms with van der Waals surface area (Å²) in [6, 6.07) is 23.8. The van der Waals surface area contributed by atoms with Gasteiger partial charge in [0.25, 0.3) is 0 Å². The zero-order valence-corrected chi connectivity index (χ0v) is 20.5. The highest BCUT2D eigenvalue weighted by Gasteiger charge is 2.54. The van der Waals surface area contributed by atoms with Crippen LogP contribution in [0.4, 0.5) is 0 Å². The van der Waals surface area contributed by atoms with E-state index in [2.05, 4.69) is 40.6 Å². The van der Waals surface area contributed by atoms with Crippen LogP contribution in [0, 0.1) is 0 Å². The number of piperidine rings is 1. The second-order valence-electron chi connectivity index (χ2n) is 9.55. The van der Waals surface area contributed by atoms with E-state index in [0.717, 1.165) is 29.7 Å². The standard InChI is InChI=1S/C30H31N3O3/c1-22(34)32-28-25-12-5-6-13-26(25)30(29(28)36-21-23-9-3-2-4-10-23)16-19-33(20-17-30)27(35)15-14-24-11-7-8-18-31-24/h2-15,18,28-29H,16-17,19-21H2,1H3,(H,32,34)/t28-,29+/m1/s1. The molecule has 36 heavy (non-hydrogen) atoms. The molecular weight excluding hydrogens is 450 g/mol. The fraction of sp³-hybridized carbons (Fsp3) is 0.300. The quantitative estimate of drug-likeness (QED) is 0.529. The van der Waals surface area contributed by atoms with Gasteiger partial charge in [-0.2, -0.15) is 0 Å². The van der Waals surface area contributed by atoms with Crippen molar-refractivity contribution < 1.29 is 14.3 Å². The number of nitrogens with zero attached hydrogens (tertiary/aromatic N) is 2.